The lowest BCUT2D eigenvalue weighted by Gasteiger charge is -2.16. The standard InChI is InChI=1S/C61H34N4O3/c1-2-12-36-33-52-47(29-35(36)11-1)41-13-3-7-17-51(41)65(52)40-24-25-45(46(34-40)37-21-26-56-48(30-37)42-14-4-8-18-53(42)66-56)61-63-59(38-22-27-57-49(31-38)43-15-5-9-19-54(43)67-57)62-60(64-61)39-23-28-58-50(32-39)44-16-6-10-20-55(44)68-58/h1-34H. The lowest BCUT2D eigenvalue weighted by atomic mass is 9.96. The van der Waals surface area contributed by atoms with E-state index in [2.05, 4.69) is 138 Å². The van der Waals surface area contributed by atoms with Crippen LogP contribution in [0, 0.1) is 0 Å². The van der Waals surface area contributed by atoms with Crippen LogP contribution >= 0.6 is 0 Å². The Morgan fingerprint density at radius 1 is 0.279 bits per heavy atom. The van der Waals surface area contributed by atoms with Crippen LogP contribution in [0.4, 0.5) is 0 Å². The van der Waals surface area contributed by atoms with E-state index in [9.17, 15) is 0 Å². The predicted molar refractivity (Wildman–Crippen MR) is 275 cm³/mol. The molecular formula is C61H34N4O3. The molecular weight excluding hydrogens is 837 g/mol. The van der Waals surface area contributed by atoms with Crippen molar-refractivity contribution in [3.8, 4) is 51.0 Å². The minimum absolute atomic E-state index is 0.547. The van der Waals surface area contributed by atoms with Crippen LogP contribution in [0.25, 0.3) is 149 Å². The lowest BCUT2D eigenvalue weighted by molar-refractivity contribution is 0.668. The van der Waals surface area contributed by atoms with Gasteiger partial charge in [0.25, 0.3) is 0 Å². The molecule has 0 saturated carbocycles. The number of aromatic nitrogens is 4. The van der Waals surface area contributed by atoms with E-state index in [0.717, 1.165) is 110 Å². The average molecular weight is 871 g/mol. The van der Waals surface area contributed by atoms with Gasteiger partial charge in [-0.15, -0.1) is 0 Å². The molecule has 0 radical (unpaired) electrons. The molecule has 5 heterocycles. The fourth-order valence-electron chi connectivity index (χ4n) is 10.4. The fraction of sp³-hybridized carbons (Fsp3) is 0. The zero-order valence-electron chi connectivity index (χ0n) is 36.1. The molecule has 0 bridgehead atoms. The summed E-state index contributed by atoms with van der Waals surface area (Å²) in [5.74, 6) is 1.65. The van der Waals surface area contributed by atoms with E-state index in [-0.39, 0.29) is 0 Å². The van der Waals surface area contributed by atoms with Crippen molar-refractivity contribution in [2.75, 3.05) is 0 Å². The van der Waals surface area contributed by atoms with Crippen molar-refractivity contribution in [2.45, 2.75) is 0 Å². The van der Waals surface area contributed by atoms with Gasteiger partial charge < -0.3 is 17.8 Å². The molecule has 0 aliphatic carbocycles. The van der Waals surface area contributed by atoms with Gasteiger partial charge in [0, 0.05) is 65.5 Å². The molecule has 0 amide bonds. The number of nitrogens with zero attached hydrogens (tertiary/aromatic N) is 4. The molecule has 7 heteroatoms. The number of hydrogen-bond acceptors (Lipinski definition) is 6. The summed E-state index contributed by atoms with van der Waals surface area (Å²) in [6.45, 7) is 0. The predicted octanol–water partition coefficient (Wildman–Crippen LogP) is 16.5. The van der Waals surface area contributed by atoms with Gasteiger partial charge in [0.05, 0.1) is 11.0 Å². The average Bonchev–Trinajstić information content (AvgIpc) is 4.16. The van der Waals surface area contributed by atoms with Gasteiger partial charge in [0.1, 0.15) is 33.5 Å². The second-order valence-electron chi connectivity index (χ2n) is 17.5. The molecule has 0 fully saturated rings. The van der Waals surface area contributed by atoms with Crippen LogP contribution in [-0.2, 0) is 0 Å². The highest BCUT2D eigenvalue weighted by Crippen LogP contribution is 2.42. The van der Waals surface area contributed by atoms with Gasteiger partial charge in [-0.25, -0.2) is 15.0 Å². The Hall–Kier alpha value is -9.33. The van der Waals surface area contributed by atoms with E-state index >= 15 is 0 Å². The van der Waals surface area contributed by atoms with Crippen LogP contribution in [0.2, 0.25) is 0 Å². The van der Waals surface area contributed by atoms with E-state index < -0.39 is 0 Å². The smallest absolute Gasteiger partial charge is 0.164 e. The van der Waals surface area contributed by atoms with E-state index in [0.29, 0.717) is 17.5 Å². The first-order valence-corrected chi connectivity index (χ1v) is 22.7. The molecule has 5 aromatic heterocycles. The maximum Gasteiger partial charge on any atom is 0.164 e. The lowest BCUT2D eigenvalue weighted by Crippen LogP contribution is -2.02. The number of rotatable bonds is 5. The Balaban J connectivity index is 1.00. The van der Waals surface area contributed by atoms with Crippen LogP contribution in [0.5, 0.6) is 0 Å². The quantitative estimate of drug-likeness (QED) is 0.171. The molecule has 0 aliphatic rings. The third-order valence-corrected chi connectivity index (χ3v) is 13.6. The van der Waals surface area contributed by atoms with Crippen LogP contribution < -0.4 is 0 Å². The minimum Gasteiger partial charge on any atom is -0.456 e. The Morgan fingerprint density at radius 2 is 0.735 bits per heavy atom. The Labute approximate surface area is 386 Å². The Morgan fingerprint density at radius 3 is 1.32 bits per heavy atom. The summed E-state index contributed by atoms with van der Waals surface area (Å²) in [6, 6.07) is 71.8. The summed E-state index contributed by atoms with van der Waals surface area (Å²) in [7, 11) is 0. The first-order chi connectivity index (χ1) is 33.6. The third-order valence-electron chi connectivity index (χ3n) is 13.6. The highest BCUT2D eigenvalue weighted by Gasteiger charge is 2.22. The monoisotopic (exact) mass is 870 g/mol. The molecule has 0 aliphatic heterocycles. The first kappa shape index (κ1) is 36.9. The van der Waals surface area contributed by atoms with Crippen molar-refractivity contribution in [3.63, 3.8) is 0 Å². The second-order valence-corrected chi connectivity index (χ2v) is 17.5. The topological polar surface area (TPSA) is 83.0 Å². The summed E-state index contributed by atoms with van der Waals surface area (Å²) in [5, 5.41) is 11.0. The highest BCUT2D eigenvalue weighted by molar-refractivity contribution is 6.14. The zero-order valence-corrected chi connectivity index (χ0v) is 36.1. The van der Waals surface area contributed by atoms with Gasteiger partial charge in [-0.05, 0) is 125 Å². The van der Waals surface area contributed by atoms with Crippen LogP contribution in [0.15, 0.2) is 220 Å². The van der Waals surface area contributed by atoms with Crippen molar-refractivity contribution >= 4 is 98.4 Å². The number of hydrogen-bond donors (Lipinski definition) is 0. The molecule has 0 unspecified atom stereocenters. The summed E-state index contributed by atoms with van der Waals surface area (Å²) in [4.78, 5) is 16.0. The molecule has 15 aromatic rings. The number of benzene rings is 10. The van der Waals surface area contributed by atoms with Crippen LogP contribution in [-0.4, -0.2) is 19.5 Å². The van der Waals surface area contributed by atoms with Crippen molar-refractivity contribution in [1.82, 2.24) is 19.5 Å². The molecule has 68 heavy (non-hydrogen) atoms. The first-order valence-electron chi connectivity index (χ1n) is 22.7. The minimum atomic E-state index is 0.547. The third kappa shape index (κ3) is 5.56. The summed E-state index contributed by atoms with van der Waals surface area (Å²) in [6.07, 6.45) is 0. The Kier molecular flexibility index (Phi) is 7.65. The number of furan rings is 3. The SMILES string of the molecule is c1ccc2cc3c(cc2c1)c1ccccc1n3-c1ccc(-c2nc(-c3ccc4oc5ccccc5c4c3)nc(-c3ccc4oc5ccccc5c4c3)n2)c(-c2ccc3oc4ccccc4c3c2)c1. The summed E-state index contributed by atoms with van der Waals surface area (Å²) in [5.41, 5.74) is 12.8. The van der Waals surface area contributed by atoms with E-state index in [4.69, 9.17) is 28.2 Å². The molecule has 0 spiro atoms. The molecule has 0 saturated heterocycles. The van der Waals surface area contributed by atoms with Crippen molar-refractivity contribution in [1.29, 1.82) is 0 Å². The Bertz CT molecular complexity index is 4460. The molecule has 0 atom stereocenters. The molecule has 7 nitrogen and oxygen atoms in total. The van der Waals surface area contributed by atoms with Crippen LogP contribution in [0.3, 0.4) is 0 Å². The summed E-state index contributed by atoms with van der Waals surface area (Å²) < 4.78 is 21.3. The van der Waals surface area contributed by atoms with Gasteiger partial charge in [0.2, 0.25) is 0 Å². The van der Waals surface area contributed by atoms with Gasteiger partial charge >= 0.3 is 0 Å². The van der Waals surface area contributed by atoms with Gasteiger partial charge in [-0.2, -0.15) is 0 Å². The highest BCUT2D eigenvalue weighted by atomic mass is 16.3. The van der Waals surface area contributed by atoms with E-state index in [1.807, 2.05) is 72.8 Å². The van der Waals surface area contributed by atoms with Crippen LogP contribution in [0.1, 0.15) is 0 Å². The summed E-state index contributed by atoms with van der Waals surface area (Å²) >= 11 is 0. The van der Waals surface area contributed by atoms with Crippen molar-refractivity contribution < 1.29 is 13.3 Å². The second kappa shape index (κ2) is 14.1. The van der Waals surface area contributed by atoms with Gasteiger partial charge in [-0.1, -0.05) is 103 Å². The van der Waals surface area contributed by atoms with Crippen molar-refractivity contribution in [2.24, 2.45) is 0 Å². The number of fused-ring (bicyclic) bond motifs is 13. The number of para-hydroxylation sites is 4. The van der Waals surface area contributed by atoms with Gasteiger partial charge in [-0.3, -0.25) is 0 Å². The molecule has 15 rings (SSSR count). The molecule has 10 aromatic carbocycles. The maximum absolute atomic E-state index is 6.35. The molecule has 0 N–H and O–H groups in total. The van der Waals surface area contributed by atoms with Crippen molar-refractivity contribution in [3.05, 3.63) is 206 Å². The van der Waals surface area contributed by atoms with Gasteiger partial charge in [0.15, 0.2) is 17.5 Å². The van der Waals surface area contributed by atoms with E-state index in [1.54, 1.807) is 0 Å². The van der Waals surface area contributed by atoms with E-state index in [1.165, 1.54) is 21.5 Å². The largest absolute Gasteiger partial charge is 0.456 e. The molecule has 316 valence electrons. The fourth-order valence-corrected chi connectivity index (χ4v) is 10.4. The normalized spacial score (nSPS) is 12.1. The maximum atomic E-state index is 6.35. The zero-order chi connectivity index (χ0) is 44.5.